The van der Waals surface area contributed by atoms with Gasteiger partial charge in [-0.05, 0) is 92.6 Å². The predicted octanol–water partition coefficient (Wildman–Crippen LogP) is 7.85. The summed E-state index contributed by atoms with van der Waals surface area (Å²) in [6.45, 7) is 16.2. The third-order valence-corrected chi connectivity index (χ3v) is 9.62. The molecule has 0 heterocycles. The number of aryl methyl sites for hydroxylation is 2. The third-order valence-electron chi connectivity index (χ3n) is 9.62. The van der Waals surface area contributed by atoms with Crippen molar-refractivity contribution in [1.29, 1.82) is 0 Å². The molecule has 1 aromatic carbocycles. The monoisotopic (exact) mass is 421 g/mol. The topological polar surface area (TPSA) is 29.1 Å². The number of benzene rings is 1. The number of rotatable bonds is 3. The molecule has 1 unspecified atom stereocenters. The standard InChI is InChI=1S/C29H43NO/c1-18(2)23-17-22-12-13-25-28(6,24(22)16-21(23)5)14-9-15-29(25,7)27(31)30-26-19(3)10-8-11-20(26)4/h8,10-11,18,21,23,25H,9,12-17H2,1-7H3,(H,30,31)/t21?,23-,25+,28+,29+/m0/s1. The Morgan fingerprint density at radius 2 is 1.77 bits per heavy atom. The van der Waals surface area contributed by atoms with Crippen molar-refractivity contribution >= 4 is 11.6 Å². The molecule has 3 aliphatic rings. The Morgan fingerprint density at radius 3 is 2.42 bits per heavy atom. The number of anilines is 1. The lowest BCUT2D eigenvalue weighted by Crippen LogP contribution is -2.53. The molecule has 1 N–H and O–H groups in total. The van der Waals surface area contributed by atoms with E-state index >= 15 is 0 Å². The van der Waals surface area contributed by atoms with Crippen LogP contribution in [-0.2, 0) is 4.79 Å². The molecule has 0 spiro atoms. The largest absolute Gasteiger partial charge is 0.325 e. The van der Waals surface area contributed by atoms with Gasteiger partial charge in [0.05, 0.1) is 5.41 Å². The molecule has 31 heavy (non-hydrogen) atoms. The molecule has 0 aliphatic heterocycles. The number of nitrogens with one attached hydrogen (secondary N) is 1. The molecule has 2 heteroatoms. The van der Waals surface area contributed by atoms with Crippen molar-refractivity contribution in [2.24, 2.45) is 34.5 Å². The van der Waals surface area contributed by atoms with E-state index in [0.717, 1.165) is 47.4 Å². The maximum atomic E-state index is 13.8. The fourth-order valence-corrected chi connectivity index (χ4v) is 7.74. The van der Waals surface area contributed by atoms with Gasteiger partial charge in [-0.3, -0.25) is 4.79 Å². The first-order chi connectivity index (χ1) is 14.6. The Balaban J connectivity index is 1.65. The lowest BCUT2D eigenvalue weighted by Gasteiger charge is -2.57. The van der Waals surface area contributed by atoms with Gasteiger partial charge in [-0.25, -0.2) is 0 Å². The van der Waals surface area contributed by atoms with Crippen LogP contribution in [0.2, 0.25) is 0 Å². The first-order valence-corrected chi connectivity index (χ1v) is 12.7. The highest BCUT2D eigenvalue weighted by molar-refractivity contribution is 5.96. The fraction of sp³-hybridized carbons (Fsp3) is 0.690. The van der Waals surface area contributed by atoms with Crippen LogP contribution in [0.1, 0.15) is 90.7 Å². The molecule has 0 saturated heterocycles. The first kappa shape index (κ1) is 22.6. The second-order valence-corrected chi connectivity index (χ2v) is 11.9. The van der Waals surface area contributed by atoms with E-state index in [9.17, 15) is 4.79 Å². The van der Waals surface area contributed by atoms with Gasteiger partial charge in [0.1, 0.15) is 0 Å². The number of para-hydroxylation sites is 1. The van der Waals surface area contributed by atoms with E-state index in [0.29, 0.717) is 5.92 Å². The minimum absolute atomic E-state index is 0.189. The van der Waals surface area contributed by atoms with Crippen molar-refractivity contribution in [2.45, 2.75) is 93.4 Å². The van der Waals surface area contributed by atoms with E-state index in [4.69, 9.17) is 0 Å². The second kappa shape index (κ2) is 8.09. The van der Waals surface area contributed by atoms with Crippen molar-refractivity contribution < 1.29 is 4.79 Å². The fourth-order valence-electron chi connectivity index (χ4n) is 7.74. The summed E-state index contributed by atoms with van der Waals surface area (Å²) in [7, 11) is 0. The Labute approximate surface area is 190 Å². The summed E-state index contributed by atoms with van der Waals surface area (Å²) < 4.78 is 0. The summed E-state index contributed by atoms with van der Waals surface area (Å²) in [6.07, 6.45) is 8.34. The highest BCUT2D eigenvalue weighted by Gasteiger charge is 2.56. The average molecular weight is 422 g/mol. The van der Waals surface area contributed by atoms with Crippen molar-refractivity contribution in [2.75, 3.05) is 5.32 Å². The molecule has 0 radical (unpaired) electrons. The van der Waals surface area contributed by atoms with Crippen molar-refractivity contribution in [3.05, 3.63) is 40.5 Å². The number of carbonyl (C=O) groups excluding carboxylic acids is 1. The quantitative estimate of drug-likeness (QED) is 0.495. The minimum Gasteiger partial charge on any atom is -0.325 e. The van der Waals surface area contributed by atoms with Gasteiger partial charge in [0, 0.05) is 5.69 Å². The zero-order chi connectivity index (χ0) is 22.6. The molecule has 4 rings (SSSR count). The molecule has 0 bridgehead atoms. The normalized spacial score (nSPS) is 35.5. The number of fused-ring (bicyclic) bond motifs is 2. The maximum absolute atomic E-state index is 13.8. The Morgan fingerprint density at radius 1 is 1.10 bits per heavy atom. The number of hydrogen-bond acceptors (Lipinski definition) is 1. The SMILES string of the molecule is Cc1cccc(C)c1NC(=O)[C@]1(C)CCC[C@]2(C)C3=C(CC[C@@H]12)C[C@@H](C(C)C)C(C)C3. The molecular formula is C29H43NO. The van der Waals surface area contributed by atoms with E-state index in [1.807, 2.05) is 0 Å². The van der Waals surface area contributed by atoms with Crippen LogP contribution < -0.4 is 5.32 Å². The lowest BCUT2D eigenvalue weighted by atomic mass is 9.47. The van der Waals surface area contributed by atoms with E-state index < -0.39 is 0 Å². The zero-order valence-electron chi connectivity index (χ0n) is 20.9. The number of amides is 1. The summed E-state index contributed by atoms with van der Waals surface area (Å²) in [6, 6.07) is 6.27. The predicted molar refractivity (Wildman–Crippen MR) is 131 cm³/mol. The molecule has 1 saturated carbocycles. The smallest absolute Gasteiger partial charge is 0.230 e. The van der Waals surface area contributed by atoms with Crippen LogP contribution in [0.5, 0.6) is 0 Å². The van der Waals surface area contributed by atoms with E-state index in [1.54, 1.807) is 11.1 Å². The molecule has 5 atom stereocenters. The van der Waals surface area contributed by atoms with Crippen LogP contribution in [-0.4, -0.2) is 5.91 Å². The van der Waals surface area contributed by atoms with Gasteiger partial charge >= 0.3 is 0 Å². The number of allylic oxidation sites excluding steroid dienone is 2. The minimum atomic E-state index is -0.293. The van der Waals surface area contributed by atoms with Gasteiger partial charge < -0.3 is 5.32 Å². The molecule has 1 amide bonds. The van der Waals surface area contributed by atoms with Gasteiger partial charge in [0.2, 0.25) is 5.91 Å². The lowest BCUT2D eigenvalue weighted by molar-refractivity contribution is -0.135. The third kappa shape index (κ3) is 3.68. The van der Waals surface area contributed by atoms with Gasteiger partial charge in [-0.15, -0.1) is 0 Å². The zero-order valence-corrected chi connectivity index (χ0v) is 20.9. The van der Waals surface area contributed by atoms with E-state index in [-0.39, 0.29) is 16.7 Å². The van der Waals surface area contributed by atoms with E-state index in [1.165, 1.54) is 32.1 Å². The van der Waals surface area contributed by atoms with Crippen LogP contribution >= 0.6 is 0 Å². The van der Waals surface area contributed by atoms with Crippen LogP contribution in [0.3, 0.4) is 0 Å². The molecule has 3 aliphatic carbocycles. The van der Waals surface area contributed by atoms with Crippen LogP contribution in [0, 0.1) is 48.3 Å². The summed E-state index contributed by atoms with van der Waals surface area (Å²) >= 11 is 0. The number of hydrogen-bond donors (Lipinski definition) is 1. The summed E-state index contributed by atoms with van der Waals surface area (Å²) in [5.41, 5.74) is 6.74. The van der Waals surface area contributed by atoms with Crippen molar-refractivity contribution in [1.82, 2.24) is 0 Å². The summed E-state index contributed by atoms with van der Waals surface area (Å²) in [5, 5.41) is 3.39. The molecule has 1 aromatic rings. The van der Waals surface area contributed by atoms with Gasteiger partial charge in [0.15, 0.2) is 0 Å². The van der Waals surface area contributed by atoms with Crippen molar-refractivity contribution in [3.63, 3.8) is 0 Å². The number of carbonyl (C=O) groups is 1. The maximum Gasteiger partial charge on any atom is 0.230 e. The Bertz CT molecular complexity index is 876. The molecule has 0 aromatic heterocycles. The second-order valence-electron chi connectivity index (χ2n) is 11.9. The average Bonchev–Trinajstić information content (AvgIpc) is 2.70. The first-order valence-electron chi connectivity index (χ1n) is 12.7. The summed E-state index contributed by atoms with van der Waals surface area (Å²) in [5.74, 6) is 3.02. The summed E-state index contributed by atoms with van der Waals surface area (Å²) in [4.78, 5) is 13.8. The van der Waals surface area contributed by atoms with Gasteiger partial charge in [-0.2, -0.15) is 0 Å². The van der Waals surface area contributed by atoms with Gasteiger partial charge in [0.25, 0.3) is 0 Å². The van der Waals surface area contributed by atoms with Crippen molar-refractivity contribution in [3.8, 4) is 0 Å². The van der Waals surface area contributed by atoms with Crippen LogP contribution in [0.15, 0.2) is 29.3 Å². The van der Waals surface area contributed by atoms with Crippen LogP contribution in [0.25, 0.3) is 0 Å². The van der Waals surface area contributed by atoms with Crippen LogP contribution in [0.4, 0.5) is 5.69 Å². The molecule has 1 fully saturated rings. The highest BCUT2D eigenvalue weighted by atomic mass is 16.2. The molecular weight excluding hydrogens is 378 g/mol. The Kier molecular flexibility index (Phi) is 5.90. The molecule has 2 nitrogen and oxygen atoms in total. The van der Waals surface area contributed by atoms with E-state index in [2.05, 4.69) is 72.0 Å². The Hall–Kier alpha value is -1.57. The van der Waals surface area contributed by atoms with Gasteiger partial charge in [-0.1, -0.05) is 70.4 Å². The molecule has 170 valence electrons. The highest BCUT2D eigenvalue weighted by Crippen LogP contribution is 2.63.